The van der Waals surface area contributed by atoms with Crippen LogP contribution in [0.4, 0.5) is 5.69 Å². The number of carbonyl (C=O) groups excluding carboxylic acids is 1. The maximum Gasteiger partial charge on any atom is 0.259 e. The van der Waals surface area contributed by atoms with Crippen molar-refractivity contribution in [3.8, 4) is 11.5 Å². The van der Waals surface area contributed by atoms with Crippen LogP contribution in [0.5, 0.6) is 11.5 Å². The number of benzene rings is 2. The van der Waals surface area contributed by atoms with Gasteiger partial charge in [0.1, 0.15) is 0 Å². The van der Waals surface area contributed by atoms with Gasteiger partial charge in [0.05, 0.1) is 19.4 Å². The number of ether oxygens (including phenoxy) is 1. The zero-order chi connectivity index (χ0) is 17.4. The van der Waals surface area contributed by atoms with Crippen LogP contribution in [0.25, 0.3) is 0 Å². The van der Waals surface area contributed by atoms with Crippen molar-refractivity contribution in [2.75, 3.05) is 18.5 Å². The van der Waals surface area contributed by atoms with Gasteiger partial charge < -0.3 is 15.2 Å². The van der Waals surface area contributed by atoms with E-state index >= 15 is 0 Å². The van der Waals surface area contributed by atoms with Crippen molar-refractivity contribution in [2.24, 2.45) is 5.10 Å². The molecule has 0 unspecified atom stereocenters. The Bertz CT molecular complexity index is 729. The van der Waals surface area contributed by atoms with Crippen molar-refractivity contribution in [3.05, 3.63) is 53.6 Å². The summed E-state index contributed by atoms with van der Waals surface area (Å²) >= 11 is 0. The molecule has 6 nitrogen and oxygen atoms in total. The molecule has 24 heavy (non-hydrogen) atoms. The van der Waals surface area contributed by atoms with Crippen molar-refractivity contribution < 1.29 is 14.6 Å². The Labute approximate surface area is 141 Å². The normalized spacial score (nSPS) is 10.6. The van der Waals surface area contributed by atoms with Crippen LogP contribution in [0.15, 0.2) is 47.6 Å². The van der Waals surface area contributed by atoms with Crippen LogP contribution < -0.4 is 15.5 Å². The van der Waals surface area contributed by atoms with E-state index in [1.807, 2.05) is 38.1 Å². The minimum absolute atomic E-state index is 0.00441. The van der Waals surface area contributed by atoms with E-state index in [-0.39, 0.29) is 18.2 Å². The molecule has 0 saturated carbocycles. The number of hydrogen-bond acceptors (Lipinski definition) is 5. The summed E-state index contributed by atoms with van der Waals surface area (Å²) in [6, 6.07) is 12.8. The Kier molecular flexibility index (Phi) is 6.19. The zero-order valence-electron chi connectivity index (χ0n) is 13.7. The Balaban J connectivity index is 1.87. The van der Waals surface area contributed by atoms with Gasteiger partial charge in [-0.2, -0.15) is 5.10 Å². The Morgan fingerprint density at radius 1 is 1.29 bits per heavy atom. The van der Waals surface area contributed by atoms with Crippen LogP contribution in [0, 0.1) is 6.92 Å². The molecule has 0 heterocycles. The molecular weight excluding hydrogens is 306 g/mol. The number of nitrogens with zero attached hydrogens (tertiary/aromatic N) is 1. The molecule has 126 valence electrons. The molecule has 0 atom stereocenters. The lowest BCUT2D eigenvalue weighted by molar-refractivity contribution is -0.119. The Hall–Kier alpha value is -3.02. The molecule has 3 N–H and O–H groups in total. The molecule has 0 aliphatic heterocycles. The molecule has 2 aromatic carbocycles. The molecule has 1 amide bonds. The first-order valence-corrected chi connectivity index (χ1v) is 7.67. The van der Waals surface area contributed by atoms with E-state index in [2.05, 4.69) is 15.8 Å². The summed E-state index contributed by atoms with van der Waals surface area (Å²) in [4.78, 5) is 11.8. The lowest BCUT2D eigenvalue weighted by Gasteiger charge is -2.07. The number of carbonyl (C=O) groups is 1. The summed E-state index contributed by atoms with van der Waals surface area (Å²) in [5.41, 5.74) is 4.86. The lowest BCUT2D eigenvalue weighted by atomic mass is 10.2. The van der Waals surface area contributed by atoms with Gasteiger partial charge in [0, 0.05) is 11.3 Å². The third kappa shape index (κ3) is 5.01. The SMILES string of the molecule is CCOc1cccc(/C=N/NC(=O)CNc2cccc(C)c2)c1O. The first kappa shape index (κ1) is 17.3. The summed E-state index contributed by atoms with van der Waals surface area (Å²) in [6.07, 6.45) is 1.38. The van der Waals surface area contributed by atoms with E-state index in [0.717, 1.165) is 11.3 Å². The number of nitrogens with one attached hydrogen (secondary N) is 2. The van der Waals surface area contributed by atoms with Gasteiger partial charge in [-0.25, -0.2) is 5.43 Å². The second kappa shape index (κ2) is 8.57. The number of aromatic hydroxyl groups is 1. The van der Waals surface area contributed by atoms with Gasteiger partial charge in [-0.3, -0.25) is 4.79 Å². The standard InChI is InChI=1S/C18H21N3O3/c1-3-24-16-9-5-7-14(18(16)23)11-20-21-17(22)12-19-15-8-4-6-13(2)10-15/h4-11,19,23H,3,12H2,1-2H3,(H,21,22)/b20-11+. The van der Waals surface area contributed by atoms with E-state index in [9.17, 15) is 9.90 Å². The first-order chi connectivity index (χ1) is 11.6. The third-order valence-electron chi connectivity index (χ3n) is 3.19. The maximum atomic E-state index is 11.8. The summed E-state index contributed by atoms with van der Waals surface area (Å²) in [6.45, 7) is 4.38. The number of anilines is 1. The van der Waals surface area contributed by atoms with E-state index in [1.165, 1.54) is 6.21 Å². The predicted octanol–water partition coefficient (Wildman–Crippen LogP) is 2.66. The van der Waals surface area contributed by atoms with Gasteiger partial charge in [0.25, 0.3) is 5.91 Å². The van der Waals surface area contributed by atoms with E-state index in [4.69, 9.17) is 4.74 Å². The lowest BCUT2D eigenvalue weighted by Crippen LogP contribution is -2.25. The highest BCUT2D eigenvalue weighted by molar-refractivity contribution is 5.87. The van der Waals surface area contributed by atoms with Crippen LogP contribution in [-0.2, 0) is 4.79 Å². The quantitative estimate of drug-likeness (QED) is 0.539. The summed E-state index contributed by atoms with van der Waals surface area (Å²) in [5.74, 6) is 0.0948. The monoisotopic (exact) mass is 327 g/mol. The third-order valence-corrected chi connectivity index (χ3v) is 3.19. The van der Waals surface area contributed by atoms with E-state index in [0.29, 0.717) is 17.9 Å². The van der Waals surface area contributed by atoms with Crippen molar-refractivity contribution >= 4 is 17.8 Å². The summed E-state index contributed by atoms with van der Waals surface area (Å²) in [7, 11) is 0. The maximum absolute atomic E-state index is 11.8. The molecule has 0 bridgehead atoms. The highest BCUT2D eigenvalue weighted by Gasteiger charge is 2.06. The molecule has 0 fully saturated rings. The highest BCUT2D eigenvalue weighted by Crippen LogP contribution is 2.28. The van der Waals surface area contributed by atoms with Gasteiger partial charge in [0.15, 0.2) is 11.5 Å². The second-order valence-electron chi connectivity index (χ2n) is 5.14. The average molecular weight is 327 g/mol. The van der Waals surface area contributed by atoms with Gasteiger partial charge in [0.2, 0.25) is 0 Å². The van der Waals surface area contributed by atoms with Gasteiger partial charge in [-0.15, -0.1) is 0 Å². The molecule has 0 aromatic heterocycles. The average Bonchev–Trinajstić information content (AvgIpc) is 2.56. The fourth-order valence-electron chi connectivity index (χ4n) is 2.07. The Morgan fingerprint density at radius 3 is 2.83 bits per heavy atom. The minimum Gasteiger partial charge on any atom is -0.504 e. The molecular formula is C18H21N3O3. The number of rotatable bonds is 7. The number of aryl methyl sites for hydroxylation is 1. The molecule has 0 saturated heterocycles. The van der Waals surface area contributed by atoms with Crippen LogP contribution in [0.1, 0.15) is 18.1 Å². The van der Waals surface area contributed by atoms with Crippen LogP contribution >= 0.6 is 0 Å². The molecule has 6 heteroatoms. The zero-order valence-corrected chi connectivity index (χ0v) is 13.7. The van der Waals surface area contributed by atoms with Crippen molar-refractivity contribution in [2.45, 2.75) is 13.8 Å². The number of phenolic OH excluding ortho intramolecular Hbond substituents is 1. The smallest absolute Gasteiger partial charge is 0.259 e. The number of phenols is 1. The molecule has 0 aliphatic carbocycles. The van der Waals surface area contributed by atoms with Crippen LogP contribution in [0.3, 0.4) is 0 Å². The number of para-hydroxylation sites is 1. The van der Waals surface area contributed by atoms with Crippen LogP contribution in [0.2, 0.25) is 0 Å². The van der Waals surface area contributed by atoms with Crippen LogP contribution in [-0.4, -0.2) is 30.4 Å². The fraction of sp³-hybridized carbons (Fsp3) is 0.222. The molecule has 2 rings (SSSR count). The predicted molar refractivity (Wildman–Crippen MR) is 94.7 cm³/mol. The second-order valence-corrected chi connectivity index (χ2v) is 5.14. The molecule has 2 aromatic rings. The van der Waals surface area contributed by atoms with Crippen molar-refractivity contribution in [1.82, 2.24) is 5.43 Å². The molecule has 0 spiro atoms. The molecule has 0 aliphatic rings. The highest BCUT2D eigenvalue weighted by atomic mass is 16.5. The van der Waals surface area contributed by atoms with E-state index < -0.39 is 0 Å². The van der Waals surface area contributed by atoms with Gasteiger partial charge >= 0.3 is 0 Å². The number of hydrazone groups is 1. The number of amides is 1. The van der Waals surface area contributed by atoms with Gasteiger partial charge in [-0.1, -0.05) is 18.2 Å². The first-order valence-electron chi connectivity index (χ1n) is 7.67. The Morgan fingerprint density at radius 2 is 2.08 bits per heavy atom. The van der Waals surface area contributed by atoms with E-state index in [1.54, 1.807) is 18.2 Å². The number of hydrogen-bond donors (Lipinski definition) is 3. The topological polar surface area (TPSA) is 83.0 Å². The largest absolute Gasteiger partial charge is 0.504 e. The summed E-state index contributed by atoms with van der Waals surface area (Å²) in [5, 5.41) is 16.9. The fourth-order valence-corrected chi connectivity index (χ4v) is 2.07. The summed E-state index contributed by atoms with van der Waals surface area (Å²) < 4.78 is 5.29. The molecule has 0 radical (unpaired) electrons. The minimum atomic E-state index is -0.284. The van der Waals surface area contributed by atoms with Crippen molar-refractivity contribution in [3.63, 3.8) is 0 Å². The van der Waals surface area contributed by atoms with Gasteiger partial charge in [-0.05, 0) is 43.7 Å². The van der Waals surface area contributed by atoms with Crippen molar-refractivity contribution in [1.29, 1.82) is 0 Å².